The molecule has 0 aliphatic rings. The molecule has 22 nitrogen and oxygen atoms in total. The zero-order valence-corrected chi connectivity index (χ0v) is 37.3. The largest absolute Gasteiger partial charge is 0.394 e. The Balaban J connectivity index is -0.000000378. The average Bonchev–Trinajstić information content (AvgIpc) is 3.28. The smallest absolute Gasteiger partial charge is 0.104 e. The van der Waals surface area contributed by atoms with Crippen LogP contribution < -0.4 is 0 Å². The third-order valence-electron chi connectivity index (χ3n) is 6.57. The van der Waals surface area contributed by atoms with Crippen molar-refractivity contribution < 1.29 is 109 Å². The summed E-state index contributed by atoms with van der Waals surface area (Å²) < 4.78 is 50.6. The predicted molar refractivity (Wildman–Crippen MR) is 234 cm³/mol. The van der Waals surface area contributed by atoms with Gasteiger partial charge in [-0.05, 0) is 0 Å². The van der Waals surface area contributed by atoms with Gasteiger partial charge in [-0.25, -0.2) is 0 Å². The fourth-order valence-electron chi connectivity index (χ4n) is 3.58. The second kappa shape index (κ2) is 55.1. The highest BCUT2D eigenvalue weighted by Crippen LogP contribution is 1.99. The molecule has 0 bridgehead atoms. The van der Waals surface area contributed by atoms with E-state index in [1.165, 1.54) is 0 Å². The first-order valence-electron chi connectivity index (χ1n) is 20.5. The van der Waals surface area contributed by atoms with Crippen molar-refractivity contribution >= 4 is 0 Å². The fraction of sp³-hybridized carbons (Fsp3) is 0.762. The van der Waals surface area contributed by atoms with Gasteiger partial charge in [0.25, 0.3) is 0 Å². The molecule has 64 heavy (non-hydrogen) atoms. The number of aliphatic hydroxyl groups is 12. The van der Waals surface area contributed by atoms with E-state index in [1.54, 1.807) is 30.4 Å². The van der Waals surface area contributed by atoms with Crippen LogP contribution in [0.2, 0.25) is 0 Å². The summed E-state index contributed by atoms with van der Waals surface area (Å²) in [7, 11) is 0. The van der Waals surface area contributed by atoms with Crippen molar-refractivity contribution in [1.29, 1.82) is 0 Å². The van der Waals surface area contributed by atoms with Crippen LogP contribution in [-0.2, 0) is 47.4 Å². The first-order chi connectivity index (χ1) is 30.7. The Morgan fingerprint density at radius 1 is 0.266 bits per heavy atom. The average molecular weight is 939 g/mol. The highest BCUT2D eigenvalue weighted by atomic mass is 16.6. The second-order valence-corrected chi connectivity index (χ2v) is 13.2. The van der Waals surface area contributed by atoms with E-state index < -0.39 is 54.9 Å². The Labute approximate surface area is 378 Å². The molecule has 0 rings (SSSR count). The summed E-state index contributed by atoms with van der Waals surface area (Å²) in [5.41, 5.74) is 0. The van der Waals surface area contributed by atoms with Crippen molar-refractivity contribution in [2.24, 2.45) is 0 Å². The van der Waals surface area contributed by atoms with E-state index >= 15 is 0 Å². The third kappa shape index (κ3) is 57.8. The topological polar surface area (TPSA) is 335 Å². The van der Waals surface area contributed by atoms with Gasteiger partial charge in [0, 0.05) is 0 Å². The first kappa shape index (κ1) is 68.4. The lowest BCUT2D eigenvalue weighted by molar-refractivity contribution is -0.0952. The minimum atomic E-state index is -0.954. The van der Waals surface area contributed by atoms with Crippen LogP contribution in [0.1, 0.15) is 0 Å². The maximum atomic E-state index is 9.39. The van der Waals surface area contributed by atoms with Crippen molar-refractivity contribution in [1.82, 2.24) is 0 Å². The minimum absolute atomic E-state index is 0.00895. The van der Waals surface area contributed by atoms with E-state index in [0.29, 0.717) is 33.0 Å². The predicted octanol–water partition coefficient (Wildman–Crippen LogP) is -3.73. The van der Waals surface area contributed by atoms with E-state index in [9.17, 15) is 25.5 Å². The molecule has 0 radical (unpaired) electrons. The lowest BCUT2D eigenvalue weighted by atomic mass is 10.3. The summed E-state index contributed by atoms with van der Waals surface area (Å²) in [6, 6.07) is 0. The molecule has 382 valence electrons. The van der Waals surface area contributed by atoms with Gasteiger partial charge in [-0.15, -0.1) is 32.9 Å². The Hall–Kier alpha value is -2.18. The maximum Gasteiger partial charge on any atom is 0.104 e. The van der Waals surface area contributed by atoms with E-state index in [2.05, 4.69) is 32.9 Å². The Morgan fingerprint density at radius 2 is 0.453 bits per heavy atom. The van der Waals surface area contributed by atoms with Crippen molar-refractivity contribution in [3.8, 4) is 0 Å². The van der Waals surface area contributed by atoms with E-state index in [-0.39, 0.29) is 119 Å². The van der Waals surface area contributed by atoms with Crippen LogP contribution in [0.15, 0.2) is 63.3 Å². The number of hydrogen-bond acceptors (Lipinski definition) is 22. The molecule has 0 amide bonds. The zero-order valence-electron chi connectivity index (χ0n) is 37.3. The molecule has 0 aromatic rings. The fourth-order valence-corrected chi connectivity index (χ4v) is 3.58. The van der Waals surface area contributed by atoms with Crippen LogP contribution in [0.4, 0.5) is 0 Å². The Kier molecular flexibility index (Phi) is 58.9. The highest BCUT2D eigenvalue weighted by Gasteiger charge is 2.14. The molecular formula is C42H82O22. The van der Waals surface area contributed by atoms with Crippen LogP contribution >= 0.6 is 0 Å². The van der Waals surface area contributed by atoms with Crippen LogP contribution in [0.3, 0.4) is 0 Å². The van der Waals surface area contributed by atoms with Gasteiger partial charge in [-0.2, -0.15) is 0 Å². The quantitative estimate of drug-likeness (QED) is 0.0207. The van der Waals surface area contributed by atoms with Crippen molar-refractivity contribution in [3.05, 3.63) is 63.3 Å². The summed E-state index contributed by atoms with van der Waals surface area (Å²) in [4.78, 5) is 0. The lowest BCUT2D eigenvalue weighted by Crippen LogP contribution is -2.32. The Morgan fingerprint density at radius 3 is 0.703 bits per heavy atom. The number of rotatable bonds is 43. The molecule has 9 atom stereocenters. The summed E-state index contributed by atoms with van der Waals surface area (Å²) >= 11 is 0. The van der Waals surface area contributed by atoms with Crippen molar-refractivity contribution in [2.75, 3.05) is 152 Å². The van der Waals surface area contributed by atoms with Gasteiger partial charge in [0.15, 0.2) is 0 Å². The first-order valence-corrected chi connectivity index (χ1v) is 20.5. The van der Waals surface area contributed by atoms with Crippen LogP contribution in [-0.4, -0.2) is 268 Å². The second-order valence-electron chi connectivity index (χ2n) is 13.2. The van der Waals surface area contributed by atoms with Gasteiger partial charge in [0.05, 0.1) is 152 Å². The van der Waals surface area contributed by atoms with Gasteiger partial charge in [0.2, 0.25) is 0 Å². The van der Waals surface area contributed by atoms with Gasteiger partial charge in [-0.1, -0.05) is 30.4 Å². The molecule has 0 heterocycles. The zero-order chi connectivity index (χ0) is 49.1. The molecule has 9 unspecified atom stereocenters. The van der Waals surface area contributed by atoms with Crippen LogP contribution in [0, 0.1) is 0 Å². The molecule has 0 spiro atoms. The number of hydrogen-bond donors (Lipinski definition) is 12. The maximum absolute atomic E-state index is 9.39. The van der Waals surface area contributed by atoms with E-state index in [1.807, 2.05) is 0 Å². The van der Waals surface area contributed by atoms with Crippen LogP contribution in [0.25, 0.3) is 0 Å². The molecule has 0 aliphatic carbocycles. The van der Waals surface area contributed by atoms with Crippen molar-refractivity contribution in [3.63, 3.8) is 0 Å². The molecule has 0 saturated heterocycles. The molecule has 0 aliphatic heterocycles. The monoisotopic (exact) mass is 939 g/mol. The Bertz CT molecular complexity index is 932. The summed E-state index contributed by atoms with van der Waals surface area (Å²) in [5.74, 6) is 0. The van der Waals surface area contributed by atoms with Gasteiger partial charge >= 0.3 is 0 Å². The molecule has 22 heteroatoms. The summed E-state index contributed by atoms with van der Waals surface area (Å²) in [6.07, 6.45) is 1.03. The molecule has 0 aromatic heterocycles. The summed E-state index contributed by atoms with van der Waals surface area (Å²) in [6.45, 7) is 19.3. The third-order valence-corrected chi connectivity index (χ3v) is 6.57. The highest BCUT2D eigenvalue weighted by molar-refractivity contribution is 4.68. The standard InChI is InChI=1S/C12H24O7.C12H22O5.2C9H18O5/c1-2-3-17-8-12(19-7-11(16)5-14)9-18-6-10(15)4-13;1-3-5-15-7-11(13)9-17-10-12(14)8-16-6-4-2;2*1-2-3-13-6-9(12)7-14-5-8(11)4-10/h2,10-16H,1,3-9H2;3-4,11-14H,1-2,5-10H2;2*2,8-12H,1,3-7H2. The minimum Gasteiger partial charge on any atom is -0.394 e. The van der Waals surface area contributed by atoms with Gasteiger partial charge in [0.1, 0.15) is 54.9 Å². The SMILES string of the molecule is C=CCOCC(COCC(O)CO)OCC(O)CO.C=CCOCC(O)COCC(O)CO.C=CCOCC(O)COCC(O)CO.C=CCOCC(O)COCC(O)COCC=C. The normalized spacial score (nSPS) is 15.1. The van der Waals surface area contributed by atoms with Gasteiger partial charge in [-0.3, -0.25) is 0 Å². The van der Waals surface area contributed by atoms with Gasteiger partial charge < -0.3 is 109 Å². The molecular weight excluding hydrogens is 856 g/mol. The lowest BCUT2D eigenvalue weighted by Gasteiger charge is -2.20. The number of ether oxygens (including phenoxy) is 10. The molecule has 0 fully saturated rings. The molecule has 12 N–H and O–H groups in total. The summed E-state index contributed by atoms with van der Waals surface area (Å²) in [5, 5.41) is 107. The molecule has 0 saturated carbocycles. The van der Waals surface area contributed by atoms with Crippen molar-refractivity contribution in [2.45, 2.75) is 54.9 Å². The van der Waals surface area contributed by atoms with Crippen LogP contribution in [0.5, 0.6) is 0 Å². The van der Waals surface area contributed by atoms with E-state index in [4.69, 9.17) is 83.1 Å². The van der Waals surface area contributed by atoms with E-state index in [0.717, 1.165) is 0 Å². The molecule has 0 aromatic carbocycles. The number of aliphatic hydroxyl groups excluding tert-OH is 12.